The molecule has 2 nitrogen and oxygen atoms in total. The molecule has 0 heterocycles. The second-order valence-corrected chi connectivity index (χ2v) is 2.73. The van der Waals surface area contributed by atoms with Crippen LogP contribution in [-0.4, -0.2) is 13.1 Å². The largest absolute Gasteiger partial charge is 1.00 e. The summed E-state index contributed by atoms with van der Waals surface area (Å²) in [6.07, 6.45) is 7.41. The van der Waals surface area contributed by atoms with Crippen LogP contribution in [0.4, 0.5) is 0 Å². The normalized spacial score (nSPS) is 8.75. The van der Waals surface area contributed by atoms with Crippen LogP contribution in [0.25, 0.3) is 0 Å². The van der Waals surface area contributed by atoms with Crippen molar-refractivity contribution in [3.8, 4) is 0 Å². The molecule has 0 unspecified atom stereocenters. The third kappa shape index (κ3) is 13.1. The van der Waals surface area contributed by atoms with Crippen LogP contribution >= 0.6 is 0 Å². The summed E-state index contributed by atoms with van der Waals surface area (Å²) in [5.74, 6) is 0. The fourth-order valence-electron chi connectivity index (χ4n) is 1.01. The molecule has 0 saturated heterocycles. The first kappa shape index (κ1) is 15.0. The van der Waals surface area contributed by atoms with Crippen LogP contribution in [0.15, 0.2) is 0 Å². The van der Waals surface area contributed by atoms with Crippen molar-refractivity contribution in [3.63, 3.8) is 0 Å². The van der Waals surface area contributed by atoms with Crippen molar-refractivity contribution in [1.82, 2.24) is 0 Å². The van der Waals surface area contributed by atoms with Crippen molar-refractivity contribution in [2.75, 3.05) is 6.61 Å². The third-order valence-electron chi connectivity index (χ3n) is 1.68. The molecule has 12 heavy (non-hydrogen) atoms. The van der Waals surface area contributed by atoms with E-state index < -0.39 is 0 Å². The summed E-state index contributed by atoms with van der Waals surface area (Å²) in [7, 11) is 0. The van der Waals surface area contributed by atoms with Crippen molar-refractivity contribution in [2.24, 2.45) is 0 Å². The Bertz CT molecular complexity index is 91.7. The molecule has 68 valence electrons. The molecule has 0 spiro atoms. The smallest absolute Gasteiger partial charge is 1.00 e. The van der Waals surface area contributed by atoms with E-state index in [4.69, 9.17) is 0 Å². The zero-order valence-electron chi connectivity index (χ0n) is 9.34. The molecular formula is C9H19NaO2. The summed E-state index contributed by atoms with van der Waals surface area (Å²) in [4.78, 5) is 9.72. The summed E-state index contributed by atoms with van der Waals surface area (Å²) >= 11 is 0. The maximum atomic E-state index is 9.72. The minimum absolute atomic E-state index is 0. The number of hydrogen-bond donors (Lipinski definition) is 0. The monoisotopic (exact) mass is 182 g/mol. The van der Waals surface area contributed by atoms with Gasteiger partial charge in [0.2, 0.25) is 0 Å². The Hall–Kier alpha value is 0.470. The predicted molar refractivity (Wildman–Crippen MR) is 46.5 cm³/mol. The average Bonchev–Trinajstić information content (AvgIpc) is 2.03. The third-order valence-corrected chi connectivity index (χ3v) is 1.68. The van der Waals surface area contributed by atoms with Crippen molar-refractivity contribution >= 4 is 6.47 Å². The molecule has 0 fully saturated rings. The first-order valence-electron chi connectivity index (χ1n) is 4.47. The van der Waals surface area contributed by atoms with Gasteiger partial charge >= 0.3 is 29.6 Å². The van der Waals surface area contributed by atoms with Crippen LogP contribution in [0.1, 0.15) is 46.9 Å². The summed E-state index contributed by atoms with van der Waals surface area (Å²) in [6, 6.07) is 0. The van der Waals surface area contributed by atoms with Gasteiger partial charge in [-0.2, -0.15) is 0 Å². The van der Waals surface area contributed by atoms with Crippen LogP contribution < -0.4 is 29.6 Å². The van der Waals surface area contributed by atoms with Crippen molar-refractivity contribution in [1.29, 1.82) is 0 Å². The molecular weight excluding hydrogens is 163 g/mol. The summed E-state index contributed by atoms with van der Waals surface area (Å²) in [5, 5.41) is 0. The molecule has 0 N–H and O–H groups in total. The molecule has 0 aromatic carbocycles. The Morgan fingerprint density at radius 2 is 1.75 bits per heavy atom. The summed E-state index contributed by atoms with van der Waals surface area (Å²) in [5.41, 5.74) is 0. The fourth-order valence-corrected chi connectivity index (χ4v) is 1.01. The predicted octanol–water partition coefficient (Wildman–Crippen LogP) is -0.364. The number of unbranched alkanes of at least 4 members (excludes halogenated alkanes) is 5. The first-order valence-corrected chi connectivity index (χ1v) is 4.47. The number of rotatable bonds is 8. The summed E-state index contributed by atoms with van der Waals surface area (Å²) < 4.78 is 4.56. The van der Waals surface area contributed by atoms with Gasteiger partial charge in [-0.1, -0.05) is 39.0 Å². The standard InChI is InChI=1S/C9H18O2.Na.H/c1-2-3-4-5-6-7-8-11-9-10;;/h9H,2-8H2,1H3;;/q;+1;-1. The van der Waals surface area contributed by atoms with E-state index in [2.05, 4.69) is 11.7 Å². The second-order valence-electron chi connectivity index (χ2n) is 2.73. The molecule has 0 radical (unpaired) electrons. The molecule has 0 atom stereocenters. The Labute approximate surface area is 98.8 Å². The number of ether oxygens (including phenoxy) is 1. The van der Waals surface area contributed by atoms with E-state index in [-0.39, 0.29) is 31.0 Å². The molecule has 0 saturated carbocycles. The van der Waals surface area contributed by atoms with Gasteiger partial charge in [0.15, 0.2) is 0 Å². The molecule has 0 aliphatic heterocycles. The van der Waals surface area contributed by atoms with Gasteiger partial charge in [0.25, 0.3) is 6.47 Å². The molecule has 3 heteroatoms. The number of carbonyl (C=O) groups is 1. The zero-order chi connectivity index (χ0) is 8.36. The average molecular weight is 182 g/mol. The molecule has 0 bridgehead atoms. The van der Waals surface area contributed by atoms with Crippen molar-refractivity contribution < 1.29 is 40.5 Å². The zero-order valence-corrected chi connectivity index (χ0v) is 10.3. The Morgan fingerprint density at radius 1 is 1.17 bits per heavy atom. The maximum absolute atomic E-state index is 9.72. The van der Waals surface area contributed by atoms with E-state index in [9.17, 15) is 4.79 Å². The molecule has 0 amide bonds. The molecule has 0 aliphatic rings. The second kappa shape index (κ2) is 14.0. The van der Waals surface area contributed by atoms with E-state index in [1.165, 1.54) is 32.1 Å². The van der Waals surface area contributed by atoms with Crippen molar-refractivity contribution in [3.05, 3.63) is 0 Å². The quantitative estimate of drug-likeness (QED) is 0.291. The number of carbonyl (C=O) groups excluding carboxylic acids is 1. The number of hydrogen-bond acceptors (Lipinski definition) is 2. The van der Waals surface area contributed by atoms with Gasteiger partial charge in [-0.25, -0.2) is 0 Å². The van der Waals surface area contributed by atoms with Gasteiger partial charge in [0.1, 0.15) is 0 Å². The van der Waals surface area contributed by atoms with Crippen LogP contribution in [-0.2, 0) is 9.53 Å². The summed E-state index contributed by atoms with van der Waals surface area (Å²) in [6.45, 7) is 3.32. The van der Waals surface area contributed by atoms with E-state index in [1.54, 1.807) is 0 Å². The van der Waals surface area contributed by atoms with Gasteiger partial charge in [0, 0.05) is 0 Å². The minimum Gasteiger partial charge on any atom is -1.00 e. The van der Waals surface area contributed by atoms with Crippen molar-refractivity contribution in [2.45, 2.75) is 45.4 Å². The van der Waals surface area contributed by atoms with Crippen LogP contribution in [0.3, 0.4) is 0 Å². The van der Waals surface area contributed by atoms with Crippen LogP contribution in [0.2, 0.25) is 0 Å². The van der Waals surface area contributed by atoms with Gasteiger partial charge in [-0.3, -0.25) is 4.79 Å². The molecule has 0 aromatic heterocycles. The van der Waals surface area contributed by atoms with Gasteiger partial charge in [-0.05, 0) is 6.42 Å². The van der Waals surface area contributed by atoms with E-state index in [0.717, 1.165) is 6.42 Å². The fraction of sp³-hybridized carbons (Fsp3) is 0.889. The minimum atomic E-state index is 0. The van der Waals surface area contributed by atoms with Gasteiger partial charge in [-0.15, -0.1) is 0 Å². The Kier molecular flexibility index (Phi) is 17.5. The molecule has 0 aromatic rings. The van der Waals surface area contributed by atoms with Gasteiger partial charge in [0.05, 0.1) is 6.61 Å². The Balaban J connectivity index is -0.000000500. The molecule has 0 rings (SSSR count). The van der Waals surface area contributed by atoms with Crippen LogP contribution in [0.5, 0.6) is 0 Å². The van der Waals surface area contributed by atoms with Gasteiger partial charge < -0.3 is 6.16 Å². The van der Waals surface area contributed by atoms with Crippen LogP contribution in [0, 0.1) is 0 Å². The SMILES string of the molecule is CCCCCCCCOC=O.[H-].[Na+]. The molecule has 0 aliphatic carbocycles. The van der Waals surface area contributed by atoms with E-state index in [1.807, 2.05) is 0 Å². The first-order chi connectivity index (χ1) is 5.41. The van der Waals surface area contributed by atoms with E-state index >= 15 is 0 Å². The Morgan fingerprint density at radius 3 is 2.33 bits per heavy atom. The topological polar surface area (TPSA) is 26.3 Å². The maximum Gasteiger partial charge on any atom is 1.00 e. The van der Waals surface area contributed by atoms with E-state index in [0.29, 0.717) is 13.1 Å².